The van der Waals surface area contributed by atoms with Crippen molar-refractivity contribution in [2.45, 2.75) is 39.8 Å². The molecule has 8 heteroatoms. The minimum Gasteiger partial charge on any atom is -0.490 e. The molecule has 202 valence electrons. The summed E-state index contributed by atoms with van der Waals surface area (Å²) in [6.45, 7) is 9.58. The van der Waals surface area contributed by atoms with Gasteiger partial charge in [-0.25, -0.2) is 0 Å². The van der Waals surface area contributed by atoms with Crippen molar-refractivity contribution in [2.24, 2.45) is 0 Å². The largest absolute Gasteiger partial charge is 0.490 e. The van der Waals surface area contributed by atoms with Crippen LogP contribution in [-0.2, 0) is 4.74 Å². The summed E-state index contributed by atoms with van der Waals surface area (Å²) in [5, 5.41) is 4.70. The van der Waals surface area contributed by atoms with Crippen LogP contribution in [0.5, 0.6) is 5.75 Å². The molecule has 0 aliphatic carbocycles. The van der Waals surface area contributed by atoms with E-state index in [0.717, 1.165) is 22.8 Å². The lowest BCUT2D eigenvalue weighted by molar-refractivity contribution is 0.146. The van der Waals surface area contributed by atoms with Gasteiger partial charge in [-0.3, -0.25) is 4.98 Å². The van der Waals surface area contributed by atoms with Crippen LogP contribution in [0.2, 0.25) is 5.02 Å². The van der Waals surface area contributed by atoms with Crippen molar-refractivity contribution in [3.05, 3.63) is 106 Å². The molecule has 1 aliphatic rings. The summed E-state index contributed by atoms with van der Waals surface area (Å²) in [5.74, 6) is 0.613. The fourth-order valence-corrected chi connectivity index (χ4v) is 6.11. The first kappa shape index (κ1) is 27.2. The predicted octanol–water partition coefficient (Wildman–Crippen LogP) is 6.96. The summed E-state index contributed by atoms with van der Waals surface area (Å²) in [4.78, 5) is 6.85. The number of anilines is 1. The van der Waals surface area contributed by atoms with Crippen LogP contribution < -0.4 is 15.0 Å². The molecule has 1 N–H and O–H groups in total. The molecule has 1 fully saturated rings. The molecule has 0 radical (unpaired) electrons. The first-order chi connectivity index (χ1) is 18.8. The van der Waals surface area contributed by atoms with Crippen LogP contribution >= 0.6 is 23.8 Å². The third-order valence-electron chi connectivity index (χ3n) is 7.29. The Hall–Kier alpha value is -3.39. The average molecular weight is 561 g/mol. The molecule has 1 aliphatic heterocycles. The number of benzene rings is 2. The highest BCUT2D eigenvalue weighted by Crippen LogP contribution is 2.45. The van der Waals surface area contributed by atoms with Gasteiger partial charge in [0.1, 0.15) is 12.4 Å². The van der Waals surface area contributed by atoms with Gasteiger partial charge in [-0.1, -0.05) is 35.9 Å². The number of rotatable bonds is 8. The molecular weight excluding hydrogens is 528 g/mol. The van der Waals surface area contributed by atoms with Gasteiger partial charge in [0, 0.05) is 30.4 Å². The second-order valence-electron chi connectivity index (χ2n) is 9.85. The normalized spacial score (nSPS) is 17.0. The van der Waals surface area contributed by atoms with Crippen molar-refractivity contribution in [3.8, 4) is 11.4 Å². The number of thiocarbonyl (C=S) groups is 1. The maximum atomic E-state index is 6.68. The number of hydrogen-bond acceptors (Lipinski definition) is 4. The Morgan fingerprint density at radius 1 is 0.974 bits per heavy atom. The van der Waals surface area contributed by atoms with Crippen LogP contribution in [0.4, 0.5) is 5.69 Å². The van der Waals surface area contributed by atoms with E-state index in [1.54, 1.807) is 7.11 Å². The van der Waals surface area contributed by atoms with Gasteiger partial charge in [0.2, 0.25) is 0 Å². The van der Waals surface area contributed by atoms with Gasteiger partial charge in [-0.15, -0.1) is 0 Å². The van der Waals surface area contributed by atoms with Crippen LogP contribution in [0, 0.1) is 27.7 Å². The van der Waals surface area contributed by atoms with E-state index in [4.69, 9.17) is 38.3 Å². The number of para-hydroxylation sites is 1. The molecule has 0 unspecified atom stereocenters. The summed E-state index contributed by atoms with van der Waals surface area (Å²) in [6.07, 6.45) is 1.82. The number of pyridine rings is 1. The predicted molar refractivity (Wildman–Crippen MR) is 161 cm³/mol. The molecule has 0 saturated carbocycles. The monoisotopic (exact) mass is 560 g/mol. The molecule has 6 nitrogen and oxygen atoms in total. The Bertz CT molecular complexity index is 1480. The summed E-state index contributed by atoms with van der Waals surface area (Å²) in [6, 6.07) is 20.2. The van der Waals surface area contributed by atoms with Crippen molar-refractivity contribution in [1.29, 1.82) is 0 Å². The maximum absolute atomic E-state index is 6.68. The average Bonchev–Trinajstić information content (AvgIpc) is 3.41. The second kappa shape index (κ2) is 11.4. The van der Waals surface area contributed by atoms with Gasteiger partial charge in [-0.2, -0.15) is 0 Å². The SMILES string of the molecule is COCCOc1ccc(N2C(=S)N[C@@H](c3ccccn3)[C@@H]2c2cc(C)n(-c3c(C)cccc3C)c2C)cc1Cl. The van der Waals surface area contributed by atoms with Gasteiger partial charge in [0.25, 0.3) is 0 Å². The first-order valence-electron chi connectivity index (χ1n) is 13.0. The van der Waals surface area contributed by atoms with Crippen molar-refractivity contribution in [3.63, 3.8) is 0 Å². The van der Waals surface area contributed by atoms with Crippen LogP contribution in [0.15, 0.2) is 66.9 Å². The molecule has 0 amide bonds. The number of aryl methyl sites for hydroxylation is 3. The Morgan fingerprint density at radius 3 is 2.41 bits per heavy atom. The first-order valence-corrected chi connectivity index (χ1v) is 13.8. The summed E-state index contributed by atoms with van der Waals surface area (Å²) >= 11 is 12.6. The van der Waals surface area contributed by atoms with Gasteiger partial charge < -0.3 is 24.3 Å². The molecule has 39 heavy (non-hydrogen) atoms. The topological polar surface area (TPSA) is 51.6 Å². The lowest BCUT2D eigenvalue weighted by Gasteiger charge is -2.28. The van der Waals surface area contributed by atoms with Crippen molar-refractivity contribution in [1.82, 2.24) is 14.9 Å². The molecule has 0 bridgehead atoms. The molecule has 2 aromatic carbocycles. The van der Waals surface area contributed by atoms with Crippen LogP contribution in [-0.4, -0.2) is 35.0 Å². The smallest absolute Gasteiger partial charge is 0.174 e. The van der Waals surface area contributed by atoms with E-state index >= 15 is 0 Å². The van der Waals surface area contributed by atoms with E-state index in [-0.39, 0.29) is 12.1 Å². The number of halogens is 1. The number of aromatic nitrogens is 2. The minimum atomic E-state index is -0.151. The van der Waals surface area contributed by atoms with Crippen molar-refractivity contribution >= 4 is 34.6 Å². The lowest BCUT2D eigenvalue weighted by Crippen LogP contribution is -2.29. The fraction of sp³-hybridized carbons (Fsp3) is 0.290. The lowest BCUT2D eigenvalue weighted by atomic mass is 9.96. The zero-order valence-electron chi connectivity index (χ0n) is 22.9. The highest BCUT2D eigenvalue weighted by molar-refractivity contribution is 7.80. The van der Waals surface area contributed by atoms with Gasteiger partial charge in [0.05, 0.1) is 35.1 Å². The van der Waals surface area contributed by atoms with E-state index in [1.807, 2.05) is 42.6 Å². The van der Waals surface area contributed by atoms with Gasteiger partial charge in [-0.05, 0) is 93.0 Å². The van der Waals surface area contributed by atoms with E-state index < -0.39 is 0 Å². The Kier molecular flexibility index (Phi) is 7.93. The van der Waals surface area contributed by atoms with Gasteiger partial charge in [0.15, 0.2) is 5.11 Å². The zero-order chi connectivity index (χ0) is 27.7. The fourth-order valence-electron chi connectivity index (χ4n) is 5.53. The number of hydrogen-bond donors (Lipinski definition) is 1. The minimum absolute atomic E-state index is 0.145. The quantitative estimate of drug-likeness (QED) is 0.186. The summed E-state index contributed by atoms with van der Waals surface area (Å²) in [5.41, 5.74) is 9.00. The molecule has 2 aromatic heterocycles. The molecular formula is C31H33ClN4O2S. The van der Waals surface area contributed by atoms with E-state index in [2.05, 4.69) is 66.7 Å². The Balaban J connectivity index is 1.63. The summed E-state index contributed by atoms with van der Waals surface area (Å²) < 4.78 is 13.3. The van der Waals surface area contributed by atoms with Gasteiger partial charge >= 0.3 is 0 Å². The Morgan fingerprint density at radius 2 is 1.74 bits per heavy atom. The van der Waals surface area contributed by atoms with Crippen LogP contribution in [0.3, 0.4) is 0 Å². The van der Waals surface area contributed by atoms with E-state index in [0.29, 0.717) is 29.1 Å². The molecule has 2 atom stereocenters. The Labute approximate surface area is 240 Å². The zero-order valence-corrected chi connectivity index (χ0v) is 24.4. The van der Waals surface area contributed by atoms with Crippen LogP contribution in [0.1, 0.15) is 45.9 Å². The number of nitrogens with one attached hydrogen (secondary N) is 1. The molecule has 3 heterocycles. The third kappa shape index (κ3) is 5.14. The number of methoxy groups -OCH3 is 1. The molecule has 5 rings (SSSR count). The molecule has 1 saturated heterocycles. The van der Waals surface area contributed by atoms with E-state index in [1.165, 1.54) is 22.4 Å². The molecule has 0 spiro atoms. The van der Waals surface area contributed by atoms with Crippen molar-refractivity contribution in [2.75, 3.05) is 25.2 Å². The van der Waals surface area contributed by atoms with Crippen molar-refractivity contribution < 1.29 is 9.47 Å². The standard InChI is InChI=1S/C31H33ClN4O2S/c1-19-9-8-10-20(2)29(19)35-21(3)17-24(22(35)4)30-28(26-11-6-7-14-33-26)34-31(39)36(30)23-12-13-27(25(32)18-23)38-16-15-37-5/h6-14,17-18,28,30H,15-16H2,1-5H3,(H,34,39)/t28-,30-/m0/s1. The van der Waals surface area contributed by atoms with Crippen LogP contribution in [0.25, 0.3) is 5.69 Å². The maximum Gasteiger partial charge on any atom is 0.174 e. The number of ether oxygens (including phenoxy) is 2. The van der Waals surface area contributed by atoms with E-state index in [9.17, 15) is 0 Å². The molecule has 4 aromatic rings. The number of nitrogens with zero attached hydrogens (tertiary/aromatic N) is 3. The summed E-state index contributed by atoms with van der Waals surface area (Å²) in [7, 11) is 1.64. The highest BCUT2D eigenvalue weighted by Gasteiger charge is 2.42. The second-order valence-corrected chi connectivity index (χ2v) is 10.6. The highest BCUT2D eigenvalue weighted by atomic mass is 35.5. The third-order valence-corrected chi connectivity index (χ3v) is 7.90.